The van der Waals surface area contributed by atoms with Gasteiger partial charge in [-0.3, -0.25) is 19.4 Å². The molecule has 0 bridgehead atoms. The summed E-state index contributed by atoms with van der Waals surface area (Å²) < 4.78 is 18.7. The topological polar surface area (TPSA) is 138 Å². The van der Waals surface area contributed by atoms with Gasteiger partial charge in [-0.2, -0.15) is 0 Å². The zero-order valence-corrected chi connectivity index (χ0v) is 33.5. The molecule has 2 aliphatic rings. The molecule has 59 heavy (non-hydrogen) atoms. The quantitative estimate of drug-likeness (QED) is 0.0993. The molecule has 5 aromatic rings. The number of rotatable bonds is 14. The van der Waals surface area contributed by atoms with Crippen LogP contribution in [0.2, 0.25) is 0 Å². The van der Waals surface area contributed by atoms with Crippen LogP contribution in [0.3, 0.4) is 0 Å². The second-order valence-electron chi connectivity index (χ2n) is 15.5. The van der Waals surface area contributed by atoms with Gasteiger partial charge in [0.2, 0.25) is 5.91 Å². The normalized spacial score (nSPS) is 21.7. The minimum atomic E-state index is -0.988. The van der Waals surface area contributed by atoms with Crippen molar-refractivity contribution in [2.75, 3.05) is 13.6 Å². The molecule has 7 atom stereocenters. The third-order valence-electron chi connectivity index (χ3n) is 11.4. The molecule has 0 aromatic heterocycles. The number of carbonyl (C=O) groups excluding carboxylic acids is 3. The van der Waals surface area contributed by atoms with Crippen molar-refractivity contribution in [3.05, 3.63) is 167 Å². The van der Waals surface area contributed by atoms with Gasteiger partial charge in [0.1, 0.15) is 12.6 Å². The number of likely N-dealkylation sites (tertiary alicyclic amines) is 1. The number of benzene rings is 5. The van der Waals surface area contributed by atoms with Crippen molar-refractivity contribution in [3.8, 4) is 11.1 Å². The number of alkyl carbamates (subject to hydrolysis) is 1. The number of aliphatic hydroxyl groups excluding tert-OH is 2. The Morgan fingerprint density at radius 3 is 2.19 bits per heavy atom. The summed E-state index contributed by atoms with van der Waals surface area (Å²) in [6, 6.07) is 41.1. The van der Waals surface area contributed by atoms with Gasteiger partial charge >= 0.3 is 6.09 Å². The molecule has 0 radical (unpaired) electrons. The predicted molar refractivity (Wildman–Crippen MR) is 222 cm³/mol. The average Bonchev–Trinajstić information content (AvgIpc) is 3.53. The summed E-state index contributed by atoms with van der Waals surface area (Å²) in [5, 5.41) is 23.4. The van der Waals surface area contributed by atoms with Gasteiger partial charge in [0.15, 0.2) is 6.29 Å². The maximum atomic E-state index is 13.2. The van der Waals surface area contributed by atoms with Crippen LogP contribution in [-0.2, 0) is 43.6 Å². The van der Waals surface area contributed by atoms with Crippen LogP contribution < -0.4 is 5.32 Å². The van der Waals surface area contributed by atoms with Crippen LogP contribution in [0.5, 0.6) is 0 Å². The van der Waals surface area contributed by atoms with Gasteiger partial charge < -0.3 is 29.7 Å². The number of amides is 3. The Balaban J connectivity index is 1.03. The van der Waals surface area contributed by atoms with E-state index in [1.54, 1.807) is 0 Å². The van der Waals surface area contributed by atoms with Crippen LogP contribution >= 0.6 is 0 Å². The largest absolute Gasteiger partial charge is 0.445 e. The van der Waals surface area contributed by atoms with E-state index in [9.17, 15) is 24.6 Å². The van der Waals surface area contributed by atoms with E-state index in [1.165, 1.54) is 4.90 Å². The summed E-state index contributed by atoms with van der Waals surface area (Å²) in [6.07, 6.45) is -2.78. The first-order valence-corrected chi connectivity index (χ1v) is 20.0. The average molecular weight is 798 g/mol. The number of imide groups is 1. The monoisotopic (exact) mass is 797 g/mol. The van der Waals surface area contributed by atoms with E-state index in [2.05, 4.69) is 17.1 Å². The predicted octanol–water partition coefficient (Wildman–Crippen LogP) is 7.25. The Kier molecular flexibility index (Phi) is 13.3. The summed E-state index contributed by atoms with van der Waals surface area (Å²) in [4.78, 5) is 41.9. The number of likely N-dealkylation sites (N-methyl/N-ethyl adjacent to an activating group) is 1. The highest BCUT2D eigenvalue weighted by atomic mass is 16.7. The van der Waals surface area contributed by atoms with Crippen molar-refractivity contribution in [3.63, 3.8) is 0 Å². The second-order valence-corrected chi connectivity index (χ2v) is 15.5. The van der Waals surface area contributed by atoms with Crippen molar-refractivity contribution in [2.45, 2.75) is 76.7 Å². The highest BCUT2D eigenvalue weighted by molar-refractivity contribution is 6.06. The number of carbonyl (C=O) groups is 3. The van der Waals surface area contributed by atoms with Crippen LogP contribution in [0.4, 0.5) is 4.79 Å². The minimum absolute atomic E-state index is 0.0364. The molecule has 0 saturated carbocycles. The van der Waals surface area contributed by atoms with Crippen LogP contribution in [0.25, 0.3) is 11.1 Å². The lowest BCUT2D eigenvalue weighted by Gasteiger charge is -2.43. The van der Waals surface area contributed by atoms with E-state index in [4.69, 9.17) is 14.2 Å². The first-order chi connectivity index (χ1) is 28.6. The first-order valence-electron chi connectivity index (χ1n) is 20.0. The Morgan fingerprint density at radius 2 is 1.49 bits per heavy atom. The molecule has 5 aromatic carbocycles. The van der Waals surface area contributed by atoms with Gasteiger partial charge in [-0.15, -0.1) is 0 Å². The van der Waals surface area contributed by atoms with Gasteiger partial charge in [0.25, 0.3) is 5.91 Å². The van der Waals surface area contributed by atoms with Gasteiger partial charge in [-0.1, -0.05) is 134 Å². The van der Waals surface area contributed by atoms with Crippen molar-refractivity contribution in [1.82, 2.24) is 15.1 Å². The third-order valence-corrected chi connectivity index (χ3v) is 11.4. The van der Waals surface area contributed by atoms with Crippen LogP contribution in [0, 0.1) is 5.92 Å². The summed E-state index contributed by atoms with van der Waals surface area (Å²) in [7, 11) is 2.00. The molecule has 1 unspecified atom stereocenters. The molecule has 7 rings (SSSR count). The smallest absolute Gasteiger partial charge is 0.408 e. The zero-order chi connectivity index (χ0) is 41.5. The Bertz CT molecular complexity index is 2180. The number of ether oxygens (including phenoxy) is 3. The Labute approximate surface area is 345 Å². The fourth-order valence-corrected chi connectivity index (χ4v) is 7.68. The number of hydrogen-bond donors (Lipinski definition) is 3. The lowest BCUT2D eigenvalue weighted by Crippen LogP contribution is -2.46. The molecule has 2 heterocycles. The summed E-state index contributed by atoms with van der Waals surface area (Å²) in [5.41, 5.74) is 6.91. The van der Waals surface area contributed by atoms with E-state index in [0.29, 0.717) is 6.54 Å². The molecule has 11 nitrogen and oxygen atoms in total. The lowest BCUT2D eigenvalue weighted by molar-refractivity contribution is -0.276. The van der Waals surface area contributed by atoms with Crippen LogP contribution in [0.1, 0.15) is 72.1 Å². The third kappa shape index (κ3) is 9.96. The minimum Gasteiger partial charge on any atom is -0.445 e. The van der Waals surface area contributed by atoms with E-state index >= 15 is 0 Å². The highest BCUT2D eigenvalue weighted by Gasteiger charge is 2.41. The molecule has 11 heteroatoms. The highest BCUT2D eigenvalue weighted by Crippen LogP contribution is 2.42. The standard InChI is InChI=1S/C48H51N3O8/c1-31-42(28-50(3)32(2)44(54)37-14-8-5-9-15-37)58-47(59-45(31)38-19-17-33(29-52)18-20-38)39-23-21-36(22-24-39)40-16-10-13-35(25-40)27-51-43(53)26-41(46(51)55)49-48(56)57-30-34-11-6-4-7-12-34/h4-25,31-32,41-42,44-45,47,52,54H,26-30H2,1-3H3,(H,49,56)/t31-,32+,41?,42+,44+,45+,47+/m1/s1. The second kappa shape index (κ2) is 18.9. The molecule has 2 aliphatic heterocycles. The molecule has 3 amide bonds. The molecule has 306 valence electrons. The van der Waals surface area contributed by atoms with E-state index in [1.807, 2.05) is 147 Å². The maximum absolute atomic E-state index is 13.2. The zero-order valence-electron chi connectivity index (χ0n) is 33.5. The van der Waals surface area contributed by atoms with Crippen molar-refractivity contribution >= 4 is 17.9 Å². The SMILES string of the molecule is C[C@@H]1[C@H](CN(C)[C@@H](C)[C@H](O)c2ccccc2)O[C@H](c2ccc(-c3cccc(CN4C(=O)CC(NC(=O)OCc5ccccc5)C4=O)c3)cc2)O[C@@H]1c1ccc(CO)cc1. The van der Waals surface area contributed by atoms with Crippen molar-refractivity contribution in [1.29, 1.82) is 0 Å². The number of aliphatic hydroxyl groups is 2. The molecule has 0 aliphatic carbocycles. The summed E-state index contributed by atoms with van der Waals surface area (Å²) in [5.74, 6) is -0.878. The molecule has 2 fully saturated rings. The van der Waals surface area contributed by atoms with Crippen LogP contribution in [0.15, 0.2) is 133 Å². The van der Waals surface area contributed by atoms with Crippen LogP contribution in [-0.4, -0.2) is 69.7 Å². The van der Waals surface area contributed by atoms with Crippen molar-refractivity contribution < 1.29 is 38.8 Å². The summed E-state index contributed by atoms with van der Waals surface area (Å²) in [6.45, 7) is 4.77. The maximum Gasteiger partial charge on any atom is 0.408 e. The van der Waals surface area contributed by atoms with Gasteiger partial charge in [-0.05, 0) is 59.0 Å². The van der Waals surface area contributed by atoms with E-state index < -0.39 is 30.4 Å². The number of nitrogens with zero attached hydrogens (tertiary/aromatic N) is 2. The van der Waals surface area contributed by atoms with E-state index in [0.717, 1.165) is 44.5 Å². The fourth-order valence-electron chi connectivity index (χ4n) is 7.68. The van der Waals surface area contributed by atoms with Gasteiger partial charge in [0.05, 0.1) is 37.9 Å². The Hall–Kier alpha value is -5.69. The summed E-state index contributed by atoms with van der Waals surface area (Å²) >= 11 is 0. The molecule has 0 spiro atoms. The Morgan fingerprint density at radius 1 is 0.831 bits per heavy atom. The number of nitrogens with one attached hydrogen (secondary N) is 1. The van der Waals surface area contributed by atoms with Gasteiger partial charge in [0, 0.05) is 24.1 Å². The van der Waals surface area contributed by atoms with Gasteiger partial charge in [-0.25, -0.2) is 4.79 Å². The molecule has 2 saturated heterocycles. The lowest BCUT2D eigenvalue weighted by atomic mass is 9.89. The molecular weight excluding hydrogens is 747 g/mol. The molecular formula is C48H51N3O8. The molecule has 3 N–H and O–H groups in total. The number of hydrogen-bond acceptors (Lipinski definition) is 9. The first kappa shape index (κ1) is 41.5. The van der Waals surface area contributed by atoms with E-state index in [-0.39, 0.29) is 56.3 Å². The van der Waals surface area contributed by atoms with Crippen molar-refractivity contribution in [2.24, 2.45) is 5.92 Å². The fraction of sp³-hybridized carbons (Fsp3) is 0.312.